The molecule has 1 aromatic heterocycles. The Morgan fingerprint density at radius 2 is 2.27 bits per heavy atom. The average molecular weight is 218 g/mol. The molecule has 1 saturated carbocycles. The Balaban J connectivity index is 1.92. The number of ether oxygens (including phenoxy) is 1. The summed E-state index contributed by atoms with van der Waals surface area (Å²) in [5.41, 5.74) is 0.141. The zero-order valence-electron chi connectivity index (χ0n) is 8.01. The van der Waals surface area contributed by atoms with Crippen LogP contribution >= 0.6 is 0 Å². The molecule has 0 aliphatic heterocycles. The highest BCUT2D eigenvalue weighted by atomic mass is 19.3. The van der Waals surface area contributed by atoms with E-state index in [1.54, 1.807) is 0 Å². The van der Waals surface area contributed by atoms with Crippen molar-refractivity contribution in [3.63, 3.8) is 0 Å². The van der Waals surface area contributed by atoms with Crippen molar-refractivity contribution >= 4 is 0 Å². The van der Waals surface area contributed by atoms with Gasteiger partial charge in [0.1, 0.15) is 6.61 Å². The second-order valence-electron chi connectivity index (χ2n) is 3.56. The van der Waals surface area contributed by atoms with E-state index >= 15 is 0 Å². The second kappa shape index (κ2) is 3.36. The molecule has 1 unspecified atom stereocenters. The maximum atomic E-state index is 12.7. The van der Waals surface area contributed by atoms with Crippen LogP contribution in [0.5, 0.6) is 6.01 Å². The van der Waals surface area contributed by atoms with Crippen LogP contribution in [0.2, 0.25) is 0 Å². The quantitative estimate of drug-likeness (QED) is 0.777. The molecule has 1 fully saturated rings. The predicted octanol–water partition coefficient (Wildman–Crippen LogP) is 1.96. The number of hydrogen-bond donors (Lipinski definition) is 0. The molecule has 15 heavy (non-hydrogen) atoms. The molecule has 0 aromatic carbocycles. The summed E-state index contributed by atoms with van der Waals surface area (Å²) in [7, 11) is 0. The van der Waals surface area contributed by atoms with E-state index < -0.39 is 17.7 Å². The molecule has 1 heterocycles. The summed E-state index contributed by atoms with van der Waals surface area (Å²) >= 11 is 0. The third-order valence-electron chi connectivity index (χ3n) is 2.27. The van der Waals surface area contributed by atoms with Gasteiger partial charge in [-0.05, 0) is 6.92 Å². The van der Waals surface area contributed by atoms with Crippen LogP contribution in [0.15, 0.2) is 6.20 Å². The van der Waals surface area contributed by atoms with Gasteiger partial charge < -0.3 is 4.74 Å². The molecule has 0 amide bonds. The van der Waals surface area contributed by atoms with E-state index in [0.29, 0.717) is 0 Å². The molecule has 0 spiro atoms. The number of aryl methyl sites for hydroxylation is 1. The average Bonchev–Trinajstić information content (AvgIpc) is 2.77. The van der Waals surface area contributed by atoms with Crippen LogP contribution in [0.4, 0.5) is 13.2 Å². The maximum Gasteiger partial charge on any atom is 0.316 e. The van der Waals surface area contributed by atoms with Gasteiger partial charge in [0, 0.05) is 6.42 Å². The lowest BCUT2D eigenvalue weighted by molar-refractivity contribution is 0.0841. The van der Waals surface area contributed by atoms with Crippen molar-refractivity contribution in [3.8, 4) is 6.01 Å². The smallest absolute Gasteiger partial charge is 0.316 e. The van der Waals surface area contributed by atoms with E-state index in [2.05, 4.69) is 9.97 Å². The third-order valence-corrected chi connectivity index (χ3v) is 2.27. The predicted molar refractivity (Wildman–Crippen MR) is 45.3 cm³/mol. The van der Waals surface area contributed by atoms with E-state index in [4.69, 9.17) is 4.74 Å². The SMILES string of the molecule is Cc1nc(OCC2CC2(F)F)ncc1F. The lowest BCUT2D eigenvalue weighted by Gasteiger charge is -2.03. The van der Waals surface area contributed by atoms with Gasteiger partial charge in [-0.25, -0.2) is 18.2 Å². The zero-order chi connectivity index (χ0) is 11.1. The Hall–Kier alpha value is -1.33. The summed E-state index contributed by atoms with van der Waals surface area (Å²) in [5.74, 6) is -3.92. The molecular weight excluding hydrogens is 209 g/mol. The van der Waals surface area contributed by atoms with Gasteiger partial charge in [-0.15, -0.1) is 0 Å². The fourth-order valence-electron chi connectivity index (χ4n) is 1.13. The van der Waals surface area contributed by atoms with Crippen LogP contribution in [0, 0.1) is 18.7 Å². The van der Waals surface area contributed by atoms with Crippen molar-refractivity contribution in [2.75, 3.05) is 6.61 Å². The first kappa shape index (κ1) is 10.2. The lowest BCUT2D eigenvalue weighted by atomic mass is 10.4. The molecule has 2 rings (SSSR count). The van der Waals surface area contributed by atoms with Crippen LogP contribution in [0.3, 0.4) is 0 Å². The van der Waals surface area contributed by atoms with Crippen LogP contribution in [-0.2, 0) is 0 Å². The number of halogens is 3. The van der Waals surface area contributed by atoms with E-state index in [0.717, 1.165) is 6.20 Å². The molecular formula is C9H9F3N2O. The number of aromatic nitrogens is 2. The van der Waals surface area contributed by atoms with E-state index in [1.165, 1.54) is 6.92 Å². The second-order valence-corrected chi connectivity index (χ2v) is 3.56. The third kappa shape index (κ3) is 2.19. The molecule has 1 atom stereocenters. The molecule has 0 bridgehead atoms. The molecule has 6 heteroatoms. The molecule has 1 aromatic rings. The summed E-state index contributed by atoms with van der Waals surface area (Å²) < 4.78 is 42.6. The number of nitrogens with zero attached hydrogens (tertiary/aromatic N) is 2. The highest BCUT2D eigenvalue weighted by Crippen LogP contribution is 2.48. The van der Waals surface area contributed by atoms with Crippen molar-refractivity contribution in [2.45, 2.75) is 19.3 Å². The monoisotopic (exact) mass is 218 g/mol. The first-order chi connectivity index (χ1) is 6.99. The molecule has 1 aliphatic rings. The minimum atomic E-state index is -2.62. The largest absolute Gasteiger partial charge is 0.463 e. The summed E-state index contributed by atoms with van der Waals surface area (Å²) in [5, 5.41) is 0. The Morgan fingerprint density at radius 3 is 2.80 bits per heavy atom. The Bertz CT molecular complexity index is 384. The molecule has 0 radical (unpaired) electrons. The normalized spacial score (nSPS) is 22.5. The van der Waals surface area contributed by atoms with Crippen molar-refractivity contribution < 1.29 is 17.9 Å². The zero-order valence-corrected chi connectivity index (χ0v) is 8.01. The summed E-state index contributed by atoms with van der Waals surface area (Å²) in [6.07, 6.45) is 0.801. The van der Waals surface area contributed by atoms with Gasteiger partial charge in [-0.1, -0.05) is 0 Å². The van der Waals surface area contributed by atoms with Crippen LogP contribution in [-0.4, -0.2) is 22.5 Å². The fourth-order valence-corrected chi connectivity index (χ4v) is 1.13. The van der Waals surface area contributed by atoms with Crippen molar-refractivity contribution in [3.05, 3.63) is 17.7 Å². The maximum absolute atomic E-state index is 12.7. The van der Waals surface area contributed by atoms with Gasteiger partial charge in [0.15, 0.2) is 5.82 Å². The van der Waals surface area contributed by atoms with Gasteiger partial charge in [0.05, 0.1) is 17.8 Å². The van der Waals surface area contributed by atoms with Crippen LogP contribution in [0.1, 0.15) is 12.1 Å². The molecule has 0 N–H and O–H groups in total. The minimum Gasteiger partial charge on any atom is -0.463 e. The number of hydrogen-bond acceptors (Lipinski definition) is 3. The fraction of sp³-hybridized carbons (Fsp3) is 0.556. The van der Waals surface area contributed by atoms with Crippen molar-refractivity contribution in [2.24, 2.45) is 5.92 Å². The number of alkyl halides is 2. The Morgan fingerprint density at radius 1 is 1.60 bits per heavy atom. The van der Waals surface area contributed by atoms with Gasteiger partial charge >= 0.3 is 6.01 Å². The van der Waals surface area contributed by atoms with E-state index in [-0.39, 0.29) is 24.7 Å². The molecule has 0 saturated heterocycles. The summed E-state index contributed by atoms with van der Waals surface area (Å²) in [4.78, 5) is 7.20. The Kier molecular flexibility index (Phi) is 2.28. The molecule has 82 valence electrons. The summed E-state index contributed by atoms with van der Waals surface area (Å²) in [6, 6.07) is -0.0587. The van der Waals surface area contributed by atoms with Crippen LogP contribution < -0.4 is 4.74 Å². The van der Waals surface area contributed by atoms with Gasteiger partial charge in [0.25, 0.3) is 5.92 Å². The van der Waals surface area contributed by atoms with Gasteiger partial charge in [-0.2, -0.15) is 4.98 Å². The van der Waals surface area contributed by atoms with Crippen LogP contribution in [0.25, 0.3) is 0 Å². The summed E-state index contributed by atoms with van der Waals surface area (Å²) in [6.45, 7) is 1.33. The topological polar surface area (TPSA) is 35.0 Å². The first-order valence-electron chi connectivity index (χ1n) is 4.49. The van der Waals surface area contributed by atoms with Gasteiger partial charge in [-0.3, -0.25) is 0 Å². The highest BCUT2D eigenvalue weighted by molar-refractivity contribution is 5.06. The minimum absolute atomic E-state index is 0.0587. The lowest BCUT2D eigenvalue weighted by Crippen LogP contribution is -2.08. The molecule has 1 aliphatic carbocycles. The highest BCUT2D eigenvalue weighted by Gasteiger charge is 2.57. The van der Waals surface area contributed by atoms with Crippen molar-refractivity contribution in [1.29, 1.82) is 0 Å². The first-order valence-corrected chi connectivity index (χ1v) is 4.49. The van der Waals surface area contributed by atoms with Gasteiger partial charge in [0.2, 0.25) is 0 Å². The van der Waals surface area contributed by atoms with E-state index in [1.807, 2.05) is 0 Å². The molecule has 3 nitrogen and oxygen atoms in total. The van der Waals surface area contributed by atoms with E-state index in [9.17, 15) is 13.2 Å². The standard InChI is InChI=1S/C9H9F3N2O/c1-5-7(10)3-13-8(14-5)15-4-6-2-9(6,11)12/h3,6H,2,4H2,1H3. The Labute approximate surface area is 84.3 Å². The number of rotatable bonds is 3. The van der Waals surface area contributed by atoms with Crippen molar-refractivity contribution in [1.82, 2.24) is 9.97 Å².